The predicted octanol–water partition coefficient (Wildman–Crippen LogP) is 1.42. The summed E-state index contributed by atoms with van der Waals surface area (Å²) >= 11 is 3.05. The van der Waals surface area contributed by atoms with Gasteiger partial charge in [0.05, 0.1) is 4.53 Å². The van der Waals surface area contributed by atoms with Gasteiger partial charge >= 0.3 is 0 Å². The topological polar surface area (TPSA) is 47.3 Å². The highest BCUT2D eigenvalue weighted by atomic mass is 32.2. The molecule has 0 spiro atoms. The van der Waals surface area contributed by atoms with Crippen LogP contribution >= 0.6 is 23.1 Å². The molecule has 90 valence electrons. The Morgan fingerprint density at radius 1 is 1.33 bits per heavy atom. The molecule has 0 atom stereocenters. The first kappa shape index (κ1) is 11.4. The predicted molar refractivity (Wildman–Crippen MR) is 74.1 cm³/mol. The summed E-state index contributed by atoms with van der Waals surface area (Å²) in [4.78, 5) is 17.8. The van der Waals surface area contributed by atoms with Gasteiger partial charge < -0.3 is 0 Å². The molecular formula is C12H9N3OS2. The first-order chi connectivity index (χ1) is 8.78. The van der Waals surface area contributed by atoms with Crippen LogP contribution in [0.4, 0.5) is 0 Å². The largest absolute Gasteiger partial charge is 0.291 e. The van der Waals surface area contributed by atoms with Gasteiger partial charge in [-0.3, -0.25) is 4.79 Å². The summed E-state index contributed by atoms with van der Waals surface area (Å²) in [5.74, 6) is 0. The average molecular weight is 275 g/mol. The van der Waals surface area contributed by atoms with Gasteiger partial charge in [-0.2, -0.15) is 9.61 Å². The molecule has 2 heterocycles. The number of fused-ring (bicyclic) bond motifs is 1. The summed E-state index contributed by atoms with van der Waals surface area (Å²) in [7, 11) is 0. The minimum atomic E-state index is -0.110. The van der Waals surface area contributed by atoms with Crippen LogP contribution in [-0.4, -0.2) is 20.9 Å². The molecule has 0 bridgehead atoms. The Morgan fingerprint density at radius 2 is 2.11 bits per heavy atom. The van der Waals surface area contributed by atoms with E-state index < -0.39 is 0 Å². The molecule has 0 aliphatic carbocycles. The van der Waals surface area contributed by atoms with Crippen molar-refractivity contribution in [3.63, 3.8) is 0 Å². The minimum Gasteiger partial charge on any atom is -0.266 e. The van der Waals surface area contributed by atoms with Crippen molar-refractivity contribution in [2.24, 2.45) is 0 Å². The van der Waals surface area contributed by atoms with Crippen molar-refractivity contribution in [1.82, 2.24) is 14.6 Å². The van der Waals surface area contributed by atoms with Gasteiger partial charge in [-0.25, -0.2) is 4.98 Å². The van der Waals surface area contributed by atoms with Crippen LogP contribution in [0.2, 0.25) is 0 Å². The molecule has 18 heavy (non-hydrogen) atoms. The van der Waals surface area contributed by atoms with Crippen LogP contribution in [0.3, 0.4) is 0 Å². The van der Waals surface area contributed by atoms with Crippen LogP contribution in [0.1, 0.15) is 5.56 Å². The Kier molecular flexibility index (Phi) is 2.89. The van der Waals surface area contributed by atoms with Gasteiger partial charge in [-0.05, 0) is 30.0 Å². The maximum atomic E-state index is 12.0. The normalized spacial score (nSPS) is 12.4. The fourth-order valence-corrected chi connectivity index (χ4v) is 2.92. The summed E-state index contributed by atoms with van der Waals surface area (Å²) in [6, 6.07) is 8.08. The van der Waals surface area contributed by atoms with E-state index in [0.717, 1.165) is 5.56 Å². The van der Waals surface area contributed by atoms with Crippen LogP contribution in [0.15, 0.2) is 40.3 Å². The van der Waals surface area contributed by atoms with E-state index in [2.05, 4.69) is 10.1 Å². The summed E-state index contributed by atoms with van der Waals surface area (Å²) in [5, 5.41) is 3.89. The van der Waals surface area contributed by atoms with E-state index in [0.29, 0.717) is 9.49 Å². The van der Waals surface area contributed by atoms with Crippen LogP contribution in [0.5, 0.6) is 0 Å². The molecule has 6 heteroatoms. The quantitative estimate of drug-likeness (QED) is 0.664. The second kappa shape index (κ2) is 4.55. The molecule has 1 aromatic carbocycles. The lowest BCUT2D eigenvalue weighted by Crippen LogP contribution is -2.23. The summed E-state index contributed by atoms with van der Waals surface area (Å²) in [5.41, 5.74) is 0.899. The third kappa shape index (κ3) is 1.93. The second-order valence-electron chi connectivity index (χ2n) is 3.64. The van der Waals surface area contributed by atoms with Crippen LogP contribution in [0.25, 0.3) is 11.0 Å². The molecule has 0 aliphatic heterocycles. The van der Waals surface area contributed by atoms with E-state index >= 15 is 0 Å². The third-order valence-electron chi connectivity index (χ3n) is 2.53. The lowest BCUT2D eigenvalue weighted by Gasteiger charge is -1.95. The Balaban J connectivity index is 2.12. The molecule has 0 fully saturated rings. The molecule has 0 N–H and O–H groups in total. The number of hydrogen-bond acceptors (Lipinski definition) is 5. The molecule has 0 amide bonds. The van der Waals surface area contributed by atoms with E-state index in [1.54, 1.807) is 11.8 Å². The maximum Gasteiger partial charge on any atom is 0.291 e. The van der Waals surface area contributed by atoms with Crippen molar-refractivity contribution in [3.05, 3.63) is 51.0 Å². The maximum absolute atomic E-state index is 12.0. The number of thiazole rings is 1. The molecule has 2 aromatic heterocycles. The molecule has 0 aliphatic rings. The number of nitrogens with zero attached hydrogens (tertiary/aromatic N) is 3. The van der Waals surface area contributed by atoms with Crippen molar-refractivity contribution < 1.29 is 0 Å². The Morgan fingerprint density at radius 3 is 2.78 bits per heavy atom. The molecule has 3 rings (SSSR count). The second-order valence-corrected chi connectivity index (χ2v) is 5.53. The first-order valence-corrected chi connectivity index (χ1v) is 7.30. The SMILES string of the molecule is CSc1ccc(/C=c2/sc3ncnn3c2=O)cc1. The fourth-order valence-electron chi connectivity index (χ4n) is 1.63. The Hall–Kier alpha value is -1.66. The Bertz CT molecular complexity index is 789. The number of hydrogen-bond donors (Lipinski definition) is 0. The van der Waals surface area contributed by atoms with Crippen molar-refractivity contribution in [2.75, 3.05) is 6.26 Å². The van der Waals surface area contributed by atoms with Gasteiger partial charge in [-0.15, -0.1) is 11.8 Å². The third-order valence-corrected chi connectivity index (χ3v) is 4.25. The van der Waals surface area contributed by atoms with Gasteiger partial charge in [-0.1, -0.05) is 23.5 Å². The highest BCUT2D eigenvalue weighted by molar-refractivity contribution is 7.98. The van der Waals surface area contributed by atoms with Crippen molar-refractivity contribution in [3.8, 4) is 0 Å². The van der Waals surface area contributed by atoms with E-state index in [-0.39, 0.29) is 5.56 Å². The van der Waals surface area contributed by atoms with Crippen molar-refractivity contribution >= 4 is 34.1 Å². The van der Waals surface area contributed by atoms with E-state index in [1.807, 2.05) is 36.6 Å². The first-order valence-electron chi connectivity index (χ1n) is 5.26. The highest BCUT2D eigenvalue weighted by Crippen LogP contribution is 2.15. The lowest BCUT2D eigenvalue weighted by molar-refractivity contribution is 0.932. The standard InChI is InChI=1S/C12H9N3OS2/c1-17-9-4-2-8(3-5-9)6-10-11(16)15-12(18-10)13-7-14-15/h2-7H,1H3/b10-6+. The van der Waals surface area contributed by atoms with Crippen LogP contribution < -0.4 is 10.1 Å². The van der Waals surface area contributed by atoms with E-state index in [1.165, 1.54) is 27.1 Å². The zero-order valence-electron chi connectivity index (χ0n) is 9.53. The molecule has 3 aromatic rings. The summed E-state index contributed by atoms with van der Waals surface area (Å²) < 4.78 is 1.98. The fraction of sp³-hybridized carbons (Fsp3) is 0.0833. The zero-order valence-corrected chi connectivity index (χ0v) is 11.2. The molecule has 0 saturated heterocycles. The van der Waals surface area contributed by atoms with Gasteiger partial charge in [0.15, 0.2) is 0 Å². The zero-order chi connectivity index (χ0) is 12.5. The number of rotatable bonds is 2. The minimum absolute atomic E-state index is 0.110. The van der Waals surface area contributed by atoms with Gasteiger partial charge in [0.25, 0.3) is 5.56 Å². The molecule has 4 nitrogen and oxygen atoms in total. The van der Waals surface area contributed by atoms with Gasteiger partial charge in [0.2, 0.25) is 4.96 Å². The summed E-state index contributed by atoms with van der Waals surface area (Å²) in [6.07, 6.45) is 5.30. The Labute approximate surface area is 111 Å². The number of thioether (sulfide) groups is 1. The number of benzene rings is 1. The van der Waals surface area contributed by atoms with Crippen LogP contribution in [0, 0.1) is 0 Å². The van der Waals surface area contributed by atoms with Gasteiger partial charge in [0, 0.05) is 4.90 Å². The van der Waals surface area contributed by atoms with Crippen LogP contribution in [-0.2, 0) is 0 Å². The number of aromatic nitrogens is 3. The monoisotopic (exact) mass is 275 g/mol. The smallest absolute Gasteiger partial charge is 0.266 e. The molecule has 0 radical (unpaired) electrons. The average Bonchev–Trinajstić information content (AvgIpc) is 2.95. The van der Waals surface area contributed by atoms with Crippen molar-refractivity contribution in [1.29, 1.82) is 0 Å². The molecule has 0 unspecified atom stereocenters. The van der Waals surface area contributed by atoms with E-state index in [4.69, 9.17) is 0 Å². The van der Waals surface area contributed by atoms with Gasteiger partial charge in [0.1, 0.15) is 6.33 Å². The highest BCUT2D eigenvalue weighted by Gasteiger charge is 2.04. The lowest BCUT2D eigenvalue weighted by atomic mass is 10.2. The molecule has 0 saturated carbocycles. The summed E-state index contributed by atoms with van der Waals surface area (Å²) in [6.45, 7) is 0. The van der Waals surface area contributed by atoms with Crippen molar-refractivity contribution in [2.45, 2.75) is 4.90 Å². The van der Waals surface area contributed by atoms with E-state index in [9.17, 15) is 4.79 Å². The molecular weight excluding hydrogens is 266 g/mol.